The number of aromatic nitrogens is 2. The number of halogens is 1. The predicted molar refractivity (Wildman–Crippen MR) is 119 cm³/mol. The zero-order chi connectivity index (χ0) is 21.3. The highest BCUT2D eigenvalue weighted by Gasteiger charge is 2.33. The fourth-order valence-electron chi connectivity index (χ4n) is 3.69. The summed E-state index contributed by atoms with van der Waals surface area (Å²) in [6.07, 6.45) is 0.937. The maximum absolute atomic E-state index is 13.5. The number of thiocarbonyl (C=S) groups is 1. The van der Waals surface area contributed by atoms with Crippen LogP contribution in [0.2, 0.25) is 0 Å². The van der Waals surface area contributed by atoms with Crippen molar-refractivity contribution in [3.05, 3.63) is 77.1 Å². The van der Waals surface area contributed by atoms with Gasteiger partial charge in [0.25, 0.3) is 5.89 Å². The quantitative estimate of drug-likeness (QED) is 0.566. The molecule has 1 aliphatic rings. The topological polar surface area (TPSA) is 54.2 Å². The van der Waals surface area contributed by atoms with Crippen molar-refractivity contribution in [2.24, 2.45) is 0 Å². The molecule has 1 atom stereocenters. The molecule has 0 saturated heterocycles. The fourth-order valence-corrected chi connectivity index (χ4v) is 4.04. The van der Waals surface area contributed by atoms with E-state index in [4.69, 9.17) is 16.7 Å². The molecular weight excluding hydrogens is 399 g/mol. The largest absolute Gasteiger partial charge is 0.351 e. The fraction of sp³-hybridized carbons (Fsp3) is 0.261. The van der Waals surface area contributed by atoms with Crippen LogP contribution >= 0.6 is 12.2 Å². The van der Waals surface area contributed by atoms with E-state index in [2.05, 4.69) is 22.4 Å². The molecule has 0 bridgehead atoms. The first-order chi connectivity index (χ1) is 14.5. The second-order valence-corrected chi connectivity index (χ2v) is 7.76. The van der Waals surface area contributed by atoms with Crippen LogP contribution < -0.4 is 5.32 Å². The Morgan fingerprint density at radius 3 is 2.63 bits per heavy atom. The van der Waals surface area contributed by atoms with Gasteiger partial charge < -0.3 is 14.7 Å². The number of hydrogen-bond donors (Lipinski definition) is 1. The Hall–Kier alpha value is -3.06. The third-order valence-corrected chi connectivity index (χ3v) is 5.52. The Balaban J connectivity index is 1.81. The van der Waals surface area contributed by atoms with Crippen LogP contribution in [0.4, 0.5) is 4.39 Å². The van der Waals surface area contributed by atoms with E-state index < -0.39 is 0 Å². The van der Waals surface area contributed by atoms with Crippen molar-refractivity contribution in [1.29, 1.82) is 0 Å². The summed E-state index contributed by atoms with van der Waals surface area (Å²) < 4.78 is 19.2. The molecular formula is C23H23FN4OS. The molecule has 2 aromatic carbocycles. The van der Waals surface area contributed by atoms with Crippen LogP contribution in [0, 0.1) is 12.7 Å². The number of aryl methyl sites for hydroxylation is 1. The van der Waals surface area contributed by atoms with E-state index in [1.54, 1.807) is 12.1 Å². The van der Waals surface area contributed by atoms with Crippen molar-refractivity contribution in [1.82, 2.24) is 20.4 Å². The molecule has 0 spiro atoms. The molecule has 1 aliphatic heterocycles. The van der Waals surface area contributed by atoms with Crippen LogP contribution in [0.1, 0.15) is 43.3 Å². The van der Waals surface area contributed by atoms with Gasteiger partial charge in [-0.05, 0) is 56.2 Å². The van der Waals surface area contributed by atoms with Gasteiger partial charge in [0.05, 0.1) is 11.6 Å². The second-order valence-electron chi connectivity index (χ2n) is 7.38. The first kappa shape index (κ1) is 20.2. The highest BCUT2D eigenvalue weighted by Crippen LogP contribution is 2.37. The van der Waals surface area contributed by atoms with Crippen LogP contribution in [-0.4, -0.2) is 26.7 Å². The van der Waals surface area contributed by atoms with Gasteiger partial charge in [0.2, 0.25) is 5.82 Å². The molecule has 30 heavy (non-hydrogen) atoms. The molecule has 0 fully saturated rings. The zero-order valence-corrected chi connectivity index (χ0v) is 18.0. The summed E-state index contributed by atoms with van der Waals surface area (Å²) in [6, 6.07) is 14.0. The lowest BCUT2D eigenvalue weighted by atomic mass is 9.94. The summed E-state index contributed by atoms with van der Waals surface area (Å²) in [4.78, 5) is 6.73. The Morgan fingerprint density at radius 1 is 1.17 bits per heavy atom. The standard InChI is InChI=1S/C23H23FN4OS/c1-4-12-28-15(3)19(20(25-23(28)30)16-8-10-18(24)11-9-16)22-26-21(27-29-22)17-7-5-6-14(2)13-17/h5-11,13,20H,4,12H2,1-3H3,(H,25,30). The molecule has 0 saturated carbocycles. The highest BCUT2D eigenvalue weighted by atomic mass is 32.1. The maximum atomic E-state index is 13.5. The van der Waals surface area contributed by atoms with Gasteiger partial charge in [0, 0.05) is 17.8 Å². The predicted octanol–water partition coefficient (Wildman–Crippen LogP) is 5.26. The van der Waals surface area contributed by atoms with Crippen LogP contribution in [0.25, 0.3) is 17.0 Å². The van der Waals surface area contributed by atoms with E-state index in [1.807, 2.05) is 43.0 Å². The lowest BCUT2D eigenvalue weighted by molar-refractivity contribution is 0.396. The van der Waals surface area contributed by atoms with Crippen LogP contribution in [0.5, 0.6) is 0 Å². The number of hydrogen-bond acceptors (Lipinski definition) is 4. The van der Waals surface area contributed by atoms with Crippen molar-refractivity contribution in [3.8, 4) is 11.4 Å². The first-order valence-corrected chi connectivity index (χ1v) is 10.3. The third kappa shape index (κ3) is 3.85. The first-order valence-electron chi connectivity index (χ1n) is 9.93. The molecule has 4 rings (SSSR count). The summed E-state index contributed by atoms with van der Waals surface area (Å²) in [7, 11) is 0. The number of rotatable bonds is 5. The third-order valence-electron chi connectivity index (χ3n) is 5.18. The Kier molecular flexibility index (Phi) is 5.63. The Bertz CT molecular complexity index is 1110. The Labute approximate surface area is 180 Å². The summed E-state index contributed by atoms with van der Waals surface area (Å²) in [5, 5.41) is 8.21. The minimum atomic E-state index is -0.308. The molecule has 0 amide bonds. The van der Waals surface area contributed by atoms with E-state index in [-0.39, 0.29) is 11.9 Å². The average Bonchev–Trinajstić information content (AvgIpc) is 3.21. The van der Waals surface area contributed by atoms with Gasteiger partial charge in [-0.3, -0.25) is 0 Å². The van der Waals surface area contributed by atoms with Crippen LogP contribution in [0.3, 0.4) is 0 Å². The normalized spacial score (nSPS) is 16.7. The van der Waals surface area contributed by atoms with E-state index in [9.17, 15) is 4.39 Å². The van der Waals surface area contributed by atoms with Gasteiger partial charge >= 0.3 is 0 Å². The maximum Gasteiger partial charge on any atom is 0.258 e. The molecule has 5 nitrogen and oxygen atoms in total. The summed E-state index contributed by atoms with van der Waals surface area (Å²) >= 11 is 5.61. The lowest BCUT2D eigenvalue weighted by Gasteiger charge is -2.37. The Morgan fingerprint density at radius 2 is 1.93 bits per heavy atom. The smallest absolute Gasteiger partial charge is 0.258 e. The summed E-state index contributed by atoms with van der Waals surface area (Å²) in [6.45, 7) is 6.90. The van der Waals surface area contributed by atoms with Crippen molar-refractivity contribution in [3.63, 3.8) is 0 Å². The van der Waals surface area contributed by atoms with Crippen LogP contribution in [-0.2, 0) is 0 Å². The van der Waals surface area contributed by atoms with E-state index >= 15 is 0 Å². The van der Waals surface area contributed by atoms with Gasteiger partial charge in [0.15, 0.2) is 5.11 Å². The number of allylic oxidation sites excluding steroid dienone is 1. The van der Waals surface area contributed by atoms with Gasteiger partial charge in [0.1, 0.15) is 5.82 Å². The van der Waals surface area contributed by atoms with Gasteiger partial charge in [-0.2, -0.15) is 4.98 Å². The summed E-state index contributed by atoms with van der Waals surface area (Å²) in [5.74, 6) is 0.669. The molecule has 1 N–H and O–H groups in total. The van der Waals surface area contributed by atoms with Crippen molar-refractivity contribution < 1.29 is 8.91 Å². The molecule has 3 aromatic rings. The molecule has 0 radical (unpaired) electrons. The zero-order valence-electron chi connectivity index (χ0n) is 17.1. The van der Waals surface area contributed by atoms with Gasteiger partial charge in [-0.1, -0.05) is 48.0 Å². The van der Waals surface area contributed by atoms with Crippen molar-refractivity contribution >= 4 is 22.9 Å². The van der Waals surface area contributed by atoms with Gasteiger partial charge in [-0.25, -0.2) is 4.39 Å². The SMILES string of the molecule is CCCN1C(=S)NC(c2ccc(F)cc2)C(c2nc(-c3cccc(C)c3)no2)=C1C. The second kappa shape index (κ2) is 8.36. The molecule has 2 heterocycles. The summed E-state index contributed by atoms with van der Waals surface area (Å²) in [5.41, 5.74) is 4.69. The molecule has 1 aromatic heterocycles. The molecule has 154 valence electrons. The molecule has 0 aliphatic carbocycles. The highest BCUT2D eigenvalue weighted by molar-refractivity contribution is 7.80. The van der Waals surface area contributed by atoms with Crippen molar-refractivity contribution in [2.45, 2.75) is 33.2 Å². The number of benzene rings is 2. The minimum absolute atomic E-state index is 0.286. The van der Waals surface area contributed by atoms with E-state index in [0.717, 1.165) is 40.9 Å². The van der Waals surface area contributed by atoms with E-state index in [0.29, 0.717) is 16.8 Å². The number of nitrogens with one attached hydrogen (secondary N) is 1. The van der Waals surface area contributed by atoms with E-state index in [1.165, 1.54) is 12.1 Å². The minimum Gasteiger partial charge on any atom is -0.351 e. The molecule has 1 unspecified atom stereocenters. The van der Waals surface area contributed by atoms with Gasteiger partial charge in [-0.15, -0.1) is 0 Å². The van der Waals surface area contributed by atoms with Crippen molar-refractivity contribution in [2.75, 3.05) is 6.54 Å². The van der Waals surface area contributed by atoms with Crippen LogP contribution in [0.15, 0.2) is 58.8 Å². The monoisotopic (exact) mass is 422 g/mol. The number of nitrogens with zero attached hydrogens (tertiary/aromatic N) is 3. The molecule has 7 heteroatoms. The lowest BCUT2D eigenvalue weighted by Crippen LogP contribution is -2.46. The average molecular weight is 423 g/mol.